The van der Waals surface area contributed by atoms with Crippen LogP contribution in [0, 0.1) is 0 Å². The normalized spacial score (nSPS) is 13.8. The van der Waals surface area contributed by atoms with E-state index in [0.717, 1.165) is 23.9 Å². The van der Waals surface area contributed by atoms with Crippen molar-refractivity contribution in [2.24, 2.45) is 0 Å². The van der Waals surface area contributed by atoms with E-state index in [1.807, 2.05) is 24.3 Å². The molecule has 2 aromatic carbocycles. The van der Waals surface area contributed by atoms with Crippen molar-refractivity contribution in [1.82, 2.24) is 0 Å². The van der Waals surface area contributed by atoms with Gasteiger partial charge in [-0.15, -0.1) is 0 Å². The topological polar surface area (TPSA) is 66.5 Å². The van der Waals surface area contributed by atoms with Gasteiger partial charge in [-0.1, -0.05) is 24.3 Å². The van der Waals surface area contributed by atoms with E-state index < -0.39 is 10.0 Å². The first-order valence-electron chi connectivity index (χ1n) is 6.92. The molecule has 5 nitrogen and oxygen atoms in total. The van der Waals surface area contributed by atoms with E-state index in [-0.39, 0.29) is 5.91 Å². The van der Waals surface area contributed by atoms with Crippen molar-refractivity contribution >= 4 is 27.3 Å². The fourth-order valence-electron chi connectivity index (χ4n) is 2.63. The number of amides is 1. The Bertz CT molecular complexity index is 831. The van der Waals surface area contributed by atoms with Gasteiger partial charge in [0.25, 0.3) is 5.91 Å². The lowest BCUT2D eigenvalue weighted by molar-refractivity contribution is 0.0989. The van der Waals surface area contributed by atoms with Crippen LogP contribution in [0.2, 0.25) is 0 Å². The molecule has 6 heteroatoms. The molecule has 0 bridgehead atoms. The molecule has 0 saturated heterocycles. The summed E-state index contributed by atoms with van der Waals surface area (Å²) < 4.78 is 25.0. The summed E-state index contributed by atoms with van der Waals surface area (Å²) in [5, 5.41) is 0. The zero-order valence-electron chi connectivity index (χ0n) is 12.1. The summed E-state index contributed by atoms with van der Waals surface area (Å²) in [6, 6.07) is 14.4. The van der Waals surface area contributed by atoms with Crippen LogP contribution in [-0.2, 0) is 16.4 Å². The third-order valence-electron chi connectivity index (χ3n) is 3.55. The minimum atomic E-state index is -3.36. The largest absolute Gasteiger partial charge is 0.308 e. The van der Waals surface area contributed by atoms with Gasteiger partial charge in [0.15, 0.2) is 0 Å². The standard InChI is InChI=1S/C16H16N2O3S/c1-22(20,21)17-14-7-4-6-13(11-14)16(19)18-10-9-12-5-2-3-8-15(12)18/h2-8,11,17H,9-10H2,1H3. The molecular formula is C16H16N2O3S. The molecule has 0 saturated carbocycles. The second kappa shape index (κ2) is 5.46. The number of hydrogen-bond acceptors (Lipinski definition) is 3. The summed E-state index contributed by atoms with van der Waals surface area (Å²) in [4.78, 5) is 14.4. The molecule has 3 rings (SSSR count). The van der Waals surface area contributed by atoms with Gasteiger partial charge >= 0.3 is 0 Å². The maximum atomic E-state index is 12.7. The minimum absolute atomic E-state index is 0.123. The molecule has 0 fully saturated rings. The lowest BCUT2D eigenvalue weighted by Gasteiger charge is -2.17. The Hall–Kier alpha value is -2.34. The lowest BCUT2D eigenvalue weighted by atomic mass is 10.1. The molecule has 0 radical (unpaired) electrons. The number of carbonyl (C=O) groups excluding carboxylic acids is 1. The molecule has 0 unspecified atom stereocenters. The number of para-hydroxylation sites is 1. The number of benzene rings is 2. The summed E-state index contributed by atoms with van der Waals surface area (Å²) in [5.41, 5.74) is 2.93. The van der Waals surface area contributed by atoms with Crippen molar-refractivity contribution in [2.45, 2.75) is 6.42 Å². The highest BCUT2D eigenvalue weighted by atomic mass is 32.2. The van der Waals surface area contributed by atoms with Crippen LogP contribution in [-0.4, -0.2) is 27.1 Å². The third-order valence-corrected chi connectivity index (χ3v) is 4.15. The number of anilines is 2. The number of hydrogen-bond donors (Lipinski definition) is 1. The Morgan fingerprint density at radius 2 is 1.91 bits per heavy atom. The van der Waals surface area contributed by atoms with Gasteiger partial charge in [0, 0.05) is 23.5 Å². The smallest absolute Gasteiger partial charge is 0.258 e. The molecule has 114 valence electrons. The highest BCUT2D eigenvalue weighted by Crippen LogP contribution is 2.29. The van der Waals surface area contributed by atoms with Crippen molar-refractivity contribution in [3.05, 3.63) is 59.7 Å². The molecule has 1 aliphatic heterocycles. The Balaban J connectivity index is 1.89. The van der Waals surface area contributed by atoms with E-state index in [4.69, 9.17) is 0 Å². The van der Waals surface area contributed by atoms with Crippen molar-refractivity contribution < 1.29 is 13.2 Å². The molecule has 2 aromatic rings. The zero-order valence-corrected chi connectivity index (χ0v) is 12.9. The fraction of sp³-hybridized carbons (Fsp3) is 0.188. The van der Waals surface area contributed by atoms with Crippen LogP contribution in [0.4, 0.5) is 11.4 Å². The van der Waals surface area contributed by atoms with Crippen LogP contribution in [0.5, 0.6) is 0 Å². The van der Waals surface area contributed by atoms with Crippen LogP contribution < -0.4 is 9.62 Å². The minimum Gasteiger partial charge on any atom is -0.308 e. The third kappa shape index (κ3) is 2.96. The molecule has 0 aromatic heterocycles. The van der Waals surface area contributed by atoms with Crippen LogP contribution in [0.3, 0.4) is 0 Å². The summed E-state index contributed by atoms with van der Waals surface area (Å²) in [6.45, 7) is 0.641. The van der Waals surface area contributed by atoms with Gasteiger partial charge < -0.3 is 4.90 Å². The number of carbonyl (C=O) groups is 1. The predicted molar refractivity (Wildman–Crippen MR) is 86.7 cm³/mol. The molecule has 1 heterocycles. The molecule has 1 aliphatic rings. The fourth-order valence-corrected chi connectivity index (χ4v) is 3.19. The van der Waals surface area contributed by atoms with Crippen molar-refractivity contribution in [3.8, 4) is 0 Å². The quantitative estimate of drug-likeness (QED) is 0.944. The van der Waals surface area contributed by atoms with E-state index in [9.17, 15) is 13.2 Å². The maximum Gasteiger partial charge on any atom is 0.258 e. The van der Waals surface area contributed by atoms with Crippen molar-refractivity contribution in [1.29, 1.82) is 0 Å². The van der Waals surface area contributed by atoms with Crippen molar-refractivity contribution in [2.75, 3.05) is 22.4 Å². The SMILES string of the molecule is CS(=O)(=O)Nc1cccc(C(=O)N2CCc3ccccc32)c1. The number of nitrogens with one attached hydrogen (secondary N) is 1. The number of sulfonamides is 1. The molecular weight excluding hydrogens is 300 g/mol. The highest BCUT2D eigenvalue weighted by Gasteiger charge is 2.25. The van der Waals surface area contributed by atoms with Gasteiger partial charge in [0.1, 0.15) is 0 Å². The average Bonchev–Trinajstić information content (AvgIpc) is 2.89. The summed E-state index contributed by atoms with van der Waals surface area (Å²) >= 11 is 0. The summed E-state index contributed by atoms with van der Waals surface area (Å²) in [6.07, 6.45) is 1.92. The van der Waals surface area contributed by atoms with Crippen molar-refractivity contribution in [3.63, 3.8) is 0 Å². The van der Waals surface area contributed by atoms with Crippen LogP contribution >= 0.6 is 0 Å². The second-order valence-electron chi connectivity index (χ2n) is 5.29. The van der Waals surface area contributed by atoms with E-state index in [2.05, 4.69) is 4.72 Å². The monoisotopic (exact) mass is 316 g/mol. The molecule has 0 spiro atoms. The van der Waals surface area contributed by atoms with Gasteiger partial charge in [0.05, 0.1) is 6.26 Å². The Morgan fingerprint density at radius 3 is 2.68 bits per heavy atom. The molecule has 22 heavy (non-hydrogen) atoms. The average molecular weight is 316 g/mol. The Kier molecular flexibility index (Phi) is 3.62. The van der Waals surface area contributed by atoms with Gasteiger partial charge in [0.2, 0.25) is 10.0 Å². The van der Waals surface area contributed by atoms with E-state index >= 15 is 0 Å². The van der Waals surface area contributed by atoms with Gasteiger partial charge in [-0.3, -0.25) is 9.52 Å². The summed E-state index contributed by atoms with van der Waals surface area (Å²) in [7, 11) is -3.36. The van der Waals surface area contributed by atoms with Crippen LogP contribution in [0.25, 0.3) is 0 Å². The lowest BCUT2D eigenvalue weighted by Crippen LogP contribution is -2.28. The van der Waals surface area contributed by atoms with Crippen LogP contribution in [0.1, 0.15) is 15.9 Å². The maximum absolute atomic E-state index is 12.7. The number of rotatable bonds is 3. The predicted octanol–water partition coefficient (Wildman–Crippen LogP) is 2.26. The molecule has 0 atom stereocenters. The Morgan fingerprint density at radius 1 is 1.14 bits per heavy atom. The molecule has 1 N–H and O–H groups in total. The first kappa shape index (κ1) is 14.6. The van der Waals surface area contributed by atoms with Gasteiger partial charge in [-0.05, 0) is 36.2 Å². The van der Waals surface area contributed by atoms with E-state index in [0.29, 0.717) is 17.8 Å². The Labute approximate surface area is 129 Å². The highest BCUT2D eigenvalue weighted by molar-refractivity contribution is 7.92. The van der Waals surface area contributed by atoms with E-state index in [1.54, 1.807) is 29.2 Å². The van der Waals surface area contributed by atoms with E-state index in [1.165, 1.54) is 0 Å². The van der Waals surface area contributed by atoms with Gasteiger partial charge in [-0.2, -0.15) is 0 Å². The first-order valence-corrected chi connectivity index (χ1v) is 8.81. The molecule has 1 amide bonds. The first-order chi connectivity index (χ1) is 10.4. The van der Waals surface area contributed by atoms with Crippen LogP contribution in [0.15, 0.2) is 48.5 Å². The van der Waals surface area contributed by atoms with Gasteiger partial charge in [-0.25, -0.2) is 8.42 Å². The second-order valence-corrected chi connectivity index (χ2v) is 7.04. The number of fused-ring (bicyclic) bond motifs is 1. The summed E-state index contributed by atoms with van der Waals surface area (Å²) in [5.74, 6) is -0.123. The number of nitrogens with zero attached hydrogens (tertiary/aromatic N) is 1. The zero-order chi connectivity index (χ0) is 15.7. The molecule has 0 aliphatic carbocycles.